The molecule has 0 aliphatic heterocycles. The summed E-state index contributed by atoms with van der Waals surface area (Å²) < 4.78 is 13.2. The largest absolute Gasteiger partial charge is 0.385 e. The molecular formula is C13H16ClFO. The third-order valence-corrected chi connectivity index (χ3v) is 4.00. The highest BCUT2D eigenvalue weighted by Gasteiger charge is 2.42. The Morgan fingerprint density at radius 1 is 1.56 bits per heavy atom. The van der Waals surface area contributed by atoms with Crippen molar-refractivity contribution in [3.05, 3.63) is 34.6 Å². The Kier molecular flexibility index (Phi) is 3.22. The lowest BCUT2D eigenvalue weighted by molar-refractivity contribution is -0.00402. The topological polar surface area (TPSA) is 20.2 Å². The third kappa shape index (κ3) is 1.85. The predicted molar refractivity (Wildman–Crippen MR) is 62.9 cm³/mol. The Hall–Kier alpha value is -0.600. The summed E-state index contributed by atoms with van der Waals surface area (Å²) in [7, 11) is 0. The number of rotatable bonds is 2. The van der Waals surface area contributed by atoms with Gasteiger partial charge >= 0.3 is 0 Å². The van der Waals surface area contributed by atoms with Crippen molar-refractivity contribution in [2.75, 3.05) is 0 Å². The van der Waals surface area contributed by atoms with Gasteiger partial charge in [-0.05, 0) is 43.4 Å². The smallest absolute Gasteiger partial charge is 0.123 e. The number of hydrogen-bond acceptors (Lipinski definition) is 1. The number of halogens is 2. The standard InChI is InChI=1S/C13H16ClFO/c1-2-9-4-3-7-13(9,16)11-8-10(15)5-6-12(11)14/h5-6,8-9,16H,2-4,7H2,1H3. The molecule has 1 aliphatic rings. The van der Waals surface area contributed by atoms with Gasteiger partial charge in [-0.1, -0.05) is 24.9 Å². The van der Waals surface area contributed by atoms with Gasteiger partial charge in [0, 0.05) is 10.6 Å². The van der Waals surface area contributed by atoms with Crippen molar-refractivity contribution in [3.8, 4) is 0 Å². The van der Waals surface area contributed by atoms with Crippen LogP contribution in [0.1, 0.15) is 38.2 Å². The van der Waals surface area contributed by atoms with E-state index in [-0.39, 0.29) is 11.7 Å². The number of aliphatic hydroxyl groups is 1. The average molecular weight is 243 g/mol. The highest BCUT2D eigenvalue weighted by Crippen LogP contribution is 2.47. The summed E-state index contributed by atoms with van der Waals surface area (Å²) in [6.45, 7) is 2.05. The van der Waals surface area contributed by atoms with Crippen LogP contribution >= 0.6 is 11.6 Å². The Morgan fingerprint density at radius 2 is 2.31 bits per heavy atom. The highest BCUT2D eigenvalue weighted by molar-refractivity contribution is 6.31. The van der Waals surface area contributed by atoms with Gasteiger partial charge in [-0.3, -0.25) is 0 Å². The van der Waals surface area contributed by atoms with Crippen molar-refractivity contribution in [3.63, 3.8) is 0 Å². The first-order chi connectivity index (χ1) is 7.58. The second-order valence-electron chi connectivity index (χ2n) is 4.55. The summed E-state index contributed by atoms with van der Waals surface area (Å²) in [5, 5.41) is 11.1. The van der Waals surface area contributed by atoms with Gasteiger partial charge in [-0.15, -0.1) is 0 Å². The summed E-state index contributed by atoms with van der Waals surface area (Å²) in [6, 6.07) is 4.22. The van der Waals surface area contributed by atoms with E-state index in [9.17, 15) is 9.50 Å². The molecule has 88 valence electrons. The van der Waals surface area contributed by atoms with Crippen LogP contribution < -0.4 is 0 Å². The van der Waals surface area contributed by atoms with Gasteiger partial charge in [0.1, 0.15) is 5.82 Å². The zero-order valence-electron chi connectivity index (χ0n) is 9.34. The van der Waals surface area contributed by atoms with E-state index in [4.69, 9.17) is 11.6 Å². The molecular weight excluding hydrogens is 227 g/mol. The summed E-state index contributed by atoms with van der Waals surface area (Å²) >= 11 is 6.06. The van der Waals surface area contributed by atoms with Crippen molar-refractivity contribution in [1.29, 1.82) is 0 Å². The molecule has 1 saturated carbocycles. The molecule has 1 aromatic rings. The van der Waals surface area contributed by atoms with Gasteiger partial charge < -0.3 is 5.11 Å². The normalized spacial score (nSPS) is 29.6. The summed E-state index contributed by atoms with van der Waals surface area (Å²) in [6.07, 6.45) is 3.53. The molecule has 1 aromatic carbocycles. The minimum atomic E-state index is -0.937. The molecule has 1 aliphatic carbocycles. The molecule has 0 aromatic heterocycles. The maximum atomic E-state index is 13.2. The van der Waals surface area contributed by atoms with E-state index >= 15 is 0 Å². The van der Waals surface area contributed by atoms with Gasteiger partial charge in [-0.25, -0.2) is 4.39 Å². The third-order valence-electron chi connectivity index (χ3n) is 3.67. The van der Waals surface area contributed by atoms with E-state index in [1.165, 1.54) is 18.2 Å². The number of benzene rings is 1. The molecule has 1 fully saturated rings. The van der Waals surface area contributed by atoms with Crippen molar-refractivity contribution in [2.24, 2.45) is 5.92 Å². The molecule has 0 heterocycles. The first-order valence-electron chi connectivity index (χ1n) is 5.76. The molecule has 0 radical (unpaired) electrons. The van der Waals surface area contributed by atoms with Crippen LogP contribution in [0.25, 0.3) is 0 Å². The second-order valence-corrected chi connectivity index (χ2v) is 4.95. The van der Waals surface area contributed by atoms with E-state index in [1.807, 2.05) is 6.92 Å². The minimum absolute atomic E-state index is 0.187. The highest BCUT2D eigenvalue weighted by atomic mass is 35.5. The van der Waals surface area contributed by atoms with Crippen molar-refractivity contribution in [2.45, 2.75) is 38.2 Å². The molecule has 3 heteroatoms. The first-order valence-corrected chi connectivity index (χ1v) is 6.13. The lowest BCUT2D eigenvalue weighted by Gasteiger charge is -2.30. The quantitative estimate of drug-likeness (QED) is 0.835. The molecule has 1 N–H and O–H groups in total. The average Bonchev–Trinajstić information content (AvgIpc) is 2.64. The lowest BCUT2D eigenvalue weighted by atomic mass is 9.82. The summed E-state index contributed by atoms with van der Waals surface area (Å²) in [5.41, 5.74) is -0.382. The van der Waals surface area contributed by atoms with E-state index in [0.29, 0.717) is 17.0 Å². The molecule has 0 bridgehead atoms. The van der Waals surface area contributed by atoms with Gasteiger partial charge in [-0.2, -0.15) is 0 Å². The van der Waals surface area contributed by atoms with Crippen molar-refractivity contribution in [1.82, 2.24) is 0 Å². The Balaban J connectivity index is 2.45. The van der Waals surface area contributed by atoms with E-state index in [1.54, 1.807) is 0 Å². The van der Waals surface area contributed by atoms with Gasteiger partial charge in [0.15, 0.2) is 0 Å². The first kappa shape index (κ1) is 11.9. The summed E-state index contributed by atoms with van der Waals surface area (Å²) in [5.74, 6) is -0.152. The predicted octanol–water partition coefficient (Wildman–Crippen LogP) is 3.88. The summed E-state index contributed by atoms with van der Waals surface area (Å²) in [4.78, 5) is 0. The van der Waals surface area contributed by atoms with Crippen LogP contribution in [0.15, 0.2) is 18.2 Å². The fourth-order valence-electron chi connectivity index (χ4n) is 2.79. The lowest BCUT2D eigenvalue weighted by Crippen LogP contribution is -2.30. The van der Waals surface area contributed by atoms with Crippen LogP contribution in [-0.2, 0) is 5.60 Å². The van der Waals surface area contributed by atoms with Crippen LogP contribution in [0.3, 0.4) is 0 Å². The molecule has 0 spiro atoms. The van der Waals surface area contributed by atoms with Gasteiger partial charge in [0.2, 0.25) is 0 Å². The molecule has 2 atom stereocenters. The van der Waals surface area contributed by atoms with Crippen molar-refractivity contribution >= 4 is 11.6 Å². The Bertz CT molecular complexity index is 394. The maximum Gasteiger partial charge on any atom is 0.123 e. The molecule has 0 saturated heterocycles. The van der Waals surface area contributed by atoms with Gasteiger partial charge in [0.05, 0.1) is 5.60 Å². The molecule has 1 nitrogen and oxygen atoms in total. The molecule has 0 amide bonds. The molecule has 2 rings (SSSR count). The van der Waals surface area contributed by atoms with Crippen molar-refractivity contribution < 1.29 is 9.50 Å². The van der Waals surface area contributed by atoms with Crippen LogP contribution in [0.5, 0.6) is 0 Å². The fraction of sp³-hybridized carbons (Fsp3) is 0.538. The van der Waals surface area contributed by atoms with E-state index < -0.39 is 5.60 Å². The van der Waals surface area contributed by atoms with Crippen LogP contribution in [0.2, 0.25) is 5.02 Å². The monoisotopic (exact) mass is 242 g/mol. The second kappa shape index (κ2) is 4.34. The van der Waals surface area contributed by atoms with Crippen LogP contribution in [0, 0.1) is 11.7 Å². The maximum absolute atomic E-state index is 13.2. The van der Waals surface area contributed by atoms with Crippen LogP contribution in [0.4, 0.5) is 4.39 Å². The fourth-order valence-corrected chi connectivity index (χ4v) is 3.07. The number of hydrogen-bond donors (Lipinski definition) is 1. The van der Waals surface area contributed by atoms with E-state index in [0.717, 1.165) is 19.3 Å². The Morgan fingerprint density at radius 3 is 3.00 bits per heavy atom. The zero-order valence-corrected chi connectivity index (χ0v) is 10.1. The minimum Gasteiger partial charge on any atom is -0.385 e. The van der Waals surface area contributed by atoms with E-state index in [2.05, 4.69) is 0 Å². The zero-order chi connectivity index (χ0) is 11.8. The molecule has 16 heavy (non-hydrogen) atoms. The van der Waals surface area contributed by atoms with Gasteiger partial charge in [0.25, 0.3) is 0 Å². The van der Waals surface area contributed by atoms with Crippen LogP contribution in [-0.4, -0.2) is 5.11 Å². The Labute approximate surface area is 100 Å². The molecule has 2 unspecified atom stereocenters. The SMILES string of the molecule is CCC1CCCC1(O)c1cc(F)ccc1Cl.